The fraction of sp³-hybridized carbons (Fsp3) is 0.857. The number of carbonyl (C=O) groups is 1. The molecule has 0 saturated carbocycles. The molecule has 0 heterocycles. The molecule has 0 aliphatic rings. The highest BCUT2D eigenvalue weighted by molar-refractivity contribution is 5.76. The van der Waals surface area contributed by atoms with Gasteiger partial charge < -0.3 is 15.0 Å². The van der Waals surface area contributed by atoms with Crippen LogP contribution in [0.3, 0.4) is 0 Å². The third kappa shape index (κ3) is 2.58. The Morgan fingerprint density at radius 3 is 2.15 bits per heavy atom. The summed E-state index contributed by atoms with van der Waals surface area (Å²) in [6.45, 7) is 1.59. The summed E-state index contributed by atoms with van der Waals surface area (Å²) in [4.78, 5) is 10.1. The van der Waals surface area contributed by atoms with Gasteiger partial charge in [-0.1, -0.05) is 19.8 Å². The maximum Gasteiger partial charge on any atom is 0.422 e. The Labute approximate surface area is 73.2 Å². The summed E-state index contributed by atoms with van der Waals surface area (Å²) in [7, 11) is 0. The smallest absolute Gasteiger partial charge is 0.422 e. The van der Waals surface area contributed by atoms with E-state index in [-0.39, 0.29) is 6.42 Å². The Balaban J connectivity index is 4.64. The number of aliphatic carboxylic acids is 1. The second kappa shape index (κ2) is 3.95. The zero-order valence-corrected chi connectivity index (χ0v) is 7.02. The molecule has 0 amide bonds. The molecule has 0 saturated heterocycles. The number of rotatable bonds is 4. The number of hydrogen-bond donors (Lipinski definition) is 1. The van der Waals surface area contributed by atoms with E-state index in [0.717, 1.165) is 0 Å². The predicted molar refractivity (Wildman–Crippen MR) is 35.5 cm³/mol. The second-order valence-corrected chi connectivity index (χ2v) is 2.75. The molecule has 1 atom stereocenters. The molecule has 1 unspecified atom stereocenters. The van der Waals surface area contributed by atoms with Crippen molar-refractivity contribution in [3.8, 4) is 0 Å². The fourth-order valence-electron chi connectivity index (χ4n) is 0.792. The largest absolute Gasteiger partial charge is 0.547 e. The molecule has 0 spiro atoms. The predicted octanol–water partition coefficient (Wildman–Crippen LogP) is 0.220. The molecule has 0 aliphatic heterocycles. The van der Waals surface area contributed by atoms with Crippen LogP contribution in [0.1, 0.15) is 26.2 Å². The van der Waals surface area contributed by atoms with Crippen LogP contribution in [-0.2, 0) is 4.79 Å². The number of hydrogen-bond acceptors (Lipinski definition) is 3. The average Bonchev–Trinajstić information content (AvgIpc) is 1.97. The number of aliphatic hydroxyl groups is 1. The van der Waals surface area contributed by atoms with Crippen LogP contribution in [0.25, 0.3) is 0 Å². The zero-order valence-electron chi connectivity index (χ0n) is 7.02. The molecule has 0 radical (unpaired) electrons. The fourth-order valence-corrected chi connectivity index (χ4v) is 0.792. The van der Waals surface area contributed by atoms with E-state index in [9.17, 15) is 23.1 Å². The van der Waals surface area contributed by atoms with Gasteiger partial charge in [0.1, 0.15) is 0 Å². The number of carboxylic acids is 1. The van der Waals surface area contributed by atoms with Crippen molar-refractivity contribution in [2.24, 2.45) is 0 Å². The molecule has 0 aromatic carbocycles. The first-order valence-electron chi connectivity index (χ1n) is 3.76. The molecule has 0 aromatic heterocycles. The van der Waals surface area contributed by atoms with E-state index >= 15 is 0 Å². The number of halogens is 3. The standard InChI is InChI=1S/C7H11F3O3/c1-2-3-4-6(13,5(11)12)7(8,9)10/h13H,2-4H2,1H3,(H,11,12)/p-1. The van der Waals surface area contributed by atoms with Gasteiger partial charge in [0.2, 0.25) is 0 Å². The first kappa shape index (κ1) is 12.2. The van der Waals surface area contributed by atoms with Crippen LogP contribution in [0.2, 0.25) is 0 Å². The number of unbranched alkanes of at least 4 members (excludes halogenated alkanes) is 1. The van der Waals surface area contributed by atoms with E-state index < -0.39 is 24.2 Å². The van der Waals surface area contributed by atoms with E-state index in [0.29, 0.717) is 6.42 Å². The molecule has 0 bridgehead atoms. The number of carbonyl (C=O) groups excluding carboxylic acids is 1. The van der Waals surface area contributed by atoms with Crippen LogP contribution >= 0.6 is 0 Å². The molecule has 0 fully saturated rings. The summed E-state index contributed by atoms with van der Waals surface area (Å²) in [6.07, 6.45) is -5.70. The molecule has 0 aromatic rings. The summed E-state index contributed by atoms with van der Waals surface area (Å²) in [6, 6.07) is 0. The van der Waals surface area contributed by atoms with Crippen molar-refractivity contribution >= 4 is 5.97 Å². The molecule has 78 valence electrons. The second-order valence-electron chi connectivity index (χ2n) is 2.75. The Morgan fingerprint density at radius 1 is 1.46 bits per heavy atom. The van der Waals surface area contributed by atoms with Crippen LogP contribution in [0.5, 0.6) is 0 Å². The maximum absolute atomic E-state index is 12.0. The Kier molecular flexibility index (Phi) is 3.71. The average molecular weight is 199 g/mol. The minimum atomic E-state index is -5.18. The summed E-state index contributed by atoms with van der Waals surface area (Å²) in [5.74, 6) is -2.49. The Bertz CT molecular complexity index is 190. The molecule has 1 N–H and O–H groups in total. The van der Waals surface area contributed by atoms with Gasteiger partial charge in [0, 0.05) is 0 Å². The molecule has 13 heavy (non-hydrogen) atoms. The van der Waals surface area contributed by atoms with Crippen LogP contribution < -0.4 is 5.11 Å². The summed E-state index contributed by atoms with van der Waals surface area (Å²) < 4.78 is 36.0. The van der Waals surface area contributed by atoms with E-state index in [4.69, 9.17) is 5.11 Å². The first-order chi connectivity index (χ1) is 5.75. The van der Waals surface area contributed by atoms with Crippen molar-refractivity contribution in [3.05, 3.63) is 0 Å². The lowest BCUT2D eigenvalue weighted by atomic mass is 9.96. The van der Waals surface area contributed by atoms with Crippen molar-refractivity contribution < 1.29 is 28.2 Å². The highest BCUT2D eigenvalue weighted by Gasteiger charge is 2.54. The number of carboxylic acid groups (broad SMARTS) is 1. The summed E-state index contributed by atoms with van der Waals surface area (Å²) >= 11 is 0. The van der Waals surface area contributed by atoms with Gasteiger partial charge in [-0.15, -0.1) is 0 Å². The van der Waals surface area contributed by atoms with Gasteiger partial charge in [-0.05, 0) is 6.42 Å². The molecule has 3 nitrogen and oxygen atoms in total. The lowest BCUT2D eigenvalue weighted by Crippen LogP contribution is -2.58. The van der Waals surface area contributed by atoms with Crippen molar-refractivity contribution in [1.82, 2.24) is 0 Å². The van der Waals surface area contributed by atoms with Crippen molar-refractivity contribution in [3.63, 3.8) is 0 Å². The van der Waals surface area contributed by atoms with Crippen LogP contribution in [0.4, 0.5) is 13.2 Å². The minimum absolute atomic E-state index is 0.0238. The van der Waals surface area contributed by atoms with E-state index in [1.54, 1.807) is 6.92 Å². The lowest BCUT2D eigenvalue weighted by molar-refractivity contribution is -0.355. The Hall–Kier alpha value is -0.780. The minimum Gasteiger partial charge on any atom is -0.547 e. The Morgan fingerprint density at radius 2 is 1.92 bits per heavy atom. The van der Waals surface area contributed by atoms with Crippen LogP contribution in [0, 0.1) is 0 Å². The van der Waals surface area contributed by atoms with Crippen molar-refractivity contribution in [1.29, 1.82) is 0 Å². The summed E-state index contributed by atoms with van der Waals surface area (Å²) in [5, 5.41) is 18.9. The van der Waals surface area contributed by atoms with Gasteiger partial charge in [-0.2, -0.15) is 13.2 Å². The van der Waals surface area contributed by atoms with Gasteiger partial charge in [-0.25, -0.2) is 0 Å². The third-order valence-corrected chi connectivity index (χ3v) is 1.70. The molecule has 0 aliphatic carbocycles. The van der Waals surface area contributed by atoms with Crippen molar-refractivity contribution in [2.75, 3.05) is 0 Å². The maximum atomic E-state index is 12.0. The zero-order chi connectivity index (χ0) is 10.7. The van der Waals surface area contributed by atoms with E-state index in [2.05, 4.69) is 0 Å². The molecule has 6 heteroatoms. The lowest BCUT2D eigenvalue weighted by Gasteiger charge is -2.31. The summed E-state index contributed by atoms with van der Waals surface area (Å²) in [5.41, 5.74) is -3.71. The monoisotopic (exact) mass is 199 g/mol. The van der Waals surface area contributed by atoms with Crippen LogP contribution in [-0.4, -0.2) is 22.9 Å². The normalized spacial score (nSPS) is 16.7. The van der Waals surface area contributed by atoms with Gasteiger partial charge in [0.15, 0.2) is 5.60 Å². The van der Waals surface area contributed by atoms with Crippen LogP contribution in [0.15, 0.2) is 0 Å². The van der Waals surface area contributed by atoms with Gasteiger partial charge in [0.25, 0.3) is 0 Å². The topological polar surface area (TPSA) is 60.4 Å². The van der Waals surface area contributed by atoms with Gasteiger partial charge in [0.05, 0.1) is 5.97 Å². The first-order valence-corrected chi connectivity index (χ1v) is 3.76. The molecular weight excluding hydrogens is 189 g/mol. The molecular formula is C7H10F3O3-. The molecule has 0 rings (SSSR count). The SMILES string of the molecule is CCCCC(O)(C(=O)[O-])C(F)(F)F. The highest BCUT2D eigenvalue weighted by Crippen LogP contribution is 2.33. The quantitative estimate of drug-likeness (QED) is 0.704. The third-order valence-electron chi connectivity index (χ3n) is 1.70. The van der Waals surface area contributed by atoms with Gasteiger partial charge >= 0.3 is 6.18 Å². The van der Waals surface area contributed by atoms with E-state index in [1.165, 1.54) is 0 Å². The number of alkyl halides is 3. The van der Waals surface area contributed by atoms with Gasteiger partial charge in [-0.3, -0.25) is 0 Å². The van der Waals surface area contributed by atoms with E-state index in [1.807, 2.05) is 0 Å². The highest BCUT2D eigenvalue weighted by atomic mass is 19.4. The van der Waals surface area contributed by atoms with Crippen molar-refractivity contribution in [2.45, 2.75) is 38.0 Å².